The molecule has 1 amide bonds. The number of rotatable bonds is 4. The highest BCUT2D eigenvalue weighted by molar-refractivity contribution is 5.80. The fourth-order valence-corrected chi connectivity index (χ4v) is 2.23. The molecule has 110 valence electrons. The first-order chi connectivity index (χ1) is 8.61. The van der Waals surface area contributed by atoms with Gasteiger partial charge in [-0.1, -0.05) is 12.8 Å². The van der Waals surface area contributed by atoms with Gasteiger partial charge >= 0.3 is 12.1 Å². The zero-order valence-corrected chi connectivity index (χ0v) is 11.7. The maximum Gasteiger partial charge on any atom is 0.408 e. The monoisotopic (exact) mass is 275 g/mol. The SMILES string of the molecule is CC(C)(C)OC(=O)N[C@H](CC1(F)CCCC1)C(=O)O. The molecule has 1 aliphatic rings. The van der Waals surface area contributed by atoms with Crippen LogP contribution in [0.3, 0.4) is 0 Å². The van der Waals surface area contributed by atoms with E-state index in [-0.39, 0.29) is 6.42 Å². The number of carboxylic acids is 1. The van der Waals surface area contributed by atoms with Crippen molar-refractivity contribution in [3.8, 4) is 0 Å². The third-order valence-corrected chi connectivity index (χ3v) is 3.06. The summed E-state index contributed by atoms with van der Waals surface area (Å²) < 4.78 is 19.2. The van der Waals surface area contributed by atoms with Crippen molar-refractivity contribution in [1.82, 2.24) is 5.32 Å². The molecule has 6 heteroatoms. The lowest BCUT2D eigenvalue weighted by Gasteiger charge is -2.25. The van der Waals surface area contributed by atoms with Gasteiger partial charge in [-0.3, -0.25) is 0 Å². The molecule has 0 bridgehead atoms. The van der Waals surface area contributed by atoms with E-state index in [4.69, 9.17) is 9.84 Å². The maximum atomic E-state index is 14.3. The molecule has 1 fully saturated rings. The average molecular weight is 275 g/mol. The number of hydrogen-bond acceptors (Lipinski definition) is 3. The predicted molar refractivity (Wildman–Crippen MR) is 67.7 cm³/mol. The smallest absolute Gasteiger partial charge is 0.408 e. The lowest BCUT2D eigenvalue weighted by atomic mass is 9.95. The molecule has 0 heterocycles. The summed E-state index contributed by atoms with van der Waals surface area (Å²) in [6, 6.07) is -1.25. The molecule has 0 aromatic heterocycles. The molecule has 5 nitrogen and oxygen atoms in total. The highest BCUT2D eigenvalue weighted by Crippen LogP contribution is 2.37. The van der Waals surface area contributed by atoms with Crippen molar-refractivity contribution in [2.75, 3.05) is 0 Å². The molecule has 1 saturated carbocycles. The standard InChI is InChI=1S/C13H22FNO4/c1-12(2,3)19-11(18)15-9(10(16)17)8-13(14)6-4-5-7-13/h9H,4-8H2,1-3H3,(H,15,18)(H,16,17)/t9-/m1/s1. The summed E-state index contributed by atoms with van der Waals surface area (Å²) in [7, 11) is 0. The van der Waals surface area contributed by atoms with E-state index in [0.717, 1.165) is 12.8 Å². The molecular weight excluding hydrogens is 253 g/mol. The molecule has 1 atom stereocenters. The minimum atomic E-state index is -1.49. The van der Waals surface area contributed by atoms with Gasteiger partial charge in [0.2, 0.25) is 0 Å². The van der Waals surface area contributed by atoms with Crippen molar-refractivity contribution in [2.45, 2.75) is 70.2 Å². The topological polar surface area (TPSA) is 75.6 Å². The van der Waals surface area contributed by atoms with Crippen molar-refractivity contribution in [1.29, 1.82) is 0 Å². The average Bonchev–Trinajstić information content (AvgIpc) is 2.61. The van der Waals surface area contributed by atoms with Crippen LogP contribution in [0.2, 0.25) is 0 Å². The fourth-order valence-electron chi connectivity index (χ4n) is 2.23. The predicted octanol–water partition coefficient (Wildman–Crippen LogP) is 2.64. The number of halogens is 1. The van der Waals surface area contributed by atoms with Crippen LogP contribution in [0.15, 0.2) is 0 Å². The van der Waals surface area contributed by atoms with E-state index >= 15 is 0 Å². The van der Waals surface area contributed by atoms with Gasteiger partial charge in [0.1, 0.15) is 17.3 Å². The molecule has 0 aromatic carbocycles. The zero-order valence-electron chi connectivity index (χ0n) is 11.7. The summed E-state index contributed by atoms with van der Waals surface area (Å²) in [5, 5.41) is 11.3. The van der Waals surface area contributed by atoms with Crippen LogP contribution >= 0.6 is 0 Å². The van der Waals surface area contributed by atoms with E-state index in [1.807, 2.05) is 0 Å². The first-order valence-corrected chi connectivity index (χ1v) is 6.53. The summed E-state index contributed by atoms with van der Waals surface area (Å²) in [5.74, 6) is -1.24. The number of carbonyl (C=O) groups is 2. The van der Waals surface area contributed by atoms with Crippen molar-refractivity contribution < 1.29 is 23.8 Å². The third-order valence-electron chi connectivity index (χ3n) is 3.06. The number of nitrogens with one attached hydrogen (secondary N) is 1. The Morgan fingerprint density at radius 2 is 1.89 bits per heavy atom. The highest BCUT2D eigenvalue weighted by atomic mass is 19.1. The summed E-state index contributed by atoms with van der Waals surface area (Å²) in [6.07, 6.45) is 1.19. The van der Waals surface area contributed by atoms with Crippen LogP contribution in [0.5, 0.6) is 0 Å². The van der Waals surface area contributed by atoms with Gasteiger partial charge in [0.25, 0.3) is 0 Å². The van der Waals surface area contributed by atoms with E-state index in [9.17, 15) is 14.0 Å². The number of carbonyl (C=O) groups excluding carboxylic acids is 1. The van der Waals surface area contributed by atoms with E-state index in [1.165, 1.54) is 0 Å². The Balaban J connectivity index is 2.58. The van der Waals surface area contributed by atoms with Crippen LogP contribution in [0.1, 0.15) is 52.9 Å². The molecule has 2 N–H and O–H groups in total. The molecule has 0 saturated heterocycles. The normalized spacial score (nSPS) is 19.8. The highest BCUT2D eigenvalue weighted by Gasteiger charge is 2.39. The lowest BCUT2D eigenvalue weighted by molar-refractivity contribution is -0.140. The number of carboxylic acid groups (broad SMARTS) is 1. The summed E-state index contributed by atoms with van der Waals surface area (Å²) >= 11 is 0. The Hall–Kier alpha value is -1.33. The van der Waals surface area contributed by atoms with Gasteiger partial charge in [0, 0.05) is 6.42 Å². The maximum absolute atomic E-state index is 14.3. The number of hydrogen-bond donors (Lipinski definition) is 2. The van der Waals surface area contributed by atoms with Gasteiger partial charge in [0.15, 0.2) is 0 Å². The first-order valence-electron chi connectivity index (χ1n) is 6.53. The second-order valence-corrected chi connectivity index (χ2v) is 6.10. The van der Waals surface area contributed by atoms with Crippen LogP contribution in [-0.2, 0) is 9.53 Å². The molecule has 1 rings (SSSR count). The zero-order chi connectivity index (χ0) is 14.7. The van der Waals surface area contributed by atoms with Gasteiger partial charge in [-0.2, -0.15) is 0 Å². The Labute approximate surface area is 112 Å². The van der Waals surface area contributed by atoms with Crippen LogP contribution in [0.25, 0.3) is 0 Å². The molecule has 1 aliphatic carbocycles. The second-order valence-electron chi connectivity index (χ2n) is 6.10. The first kappa shape index (κ1) is 15.7. The largest absolute Gasteiger partial charge is 0.480 e. The fraction of sp³-hybridized carbons (Fsp3) is 0.846. The number of amides is 1. The molecule has 0 radical (unpaired) electrons. The summed E-state index contributed by atoms with van der Waals surface area (Å²) in [4.78, 5) is 22.6. The minimum absolute atomic E-state index is 0.207. The van der Waals surface area contributed by atoms with Crippen LogP contribution < -0.4 is 5.32 Å². The Morgan fingerprint density at radius 3 is 2.32 bits per heavy atom. The van der Waals surface area contributed by atoms with Crippen LogP contribution in [-0.4, -0.2) is 34.5 Å². The Kier molecular flexibility index (Phi) is 4.76. The number of alkyl halides is 1. The number of ether oxygens (including phenoxy) is 1. The van der Waals surface area contributed by atoms with Gasteiger partial charge in [0.05, 0.1) is 0 Å². The molecule has 0 spiro atoms. The quantitative estimate of drug-likeness (QED) is 0.827. The van der Waals surface area contributed by atoms with Gasteiger partial charge in [-0.05, 0) is 33.6 Å². The molecule has 0 aliphatic heterocycles. The van der Waals surface area contributed by atoms with Crippen molar-refractivity contribution in [3.63, 3.8) is 0 Å². The van der Waals surface area contributed by atoms with Gasteiger partial charge in [-0.15, -0.1) is 0 Å². The van der Waals surface area contributed by atoms with Crippen LogP contribution in [0.4, 0.5) is 9.18 Å². The molecule has 19 heavy (non-hydrogen) atoms. The van der Waals surface area contributed by atoms with Gasteiger partial charge in [-0.25, -0.2) is 14.0 Å². The Bertz CT molecular complexity index is 345. The van der Waals surface area contributed by atoms with E-state index < -0.39 is 29.4 Å². The van der Waals surface area contributed by atoms with Gasteiger partial charge < -0.3 is 15.2 Å². The second kappa shape index (κ2) is 5.75. The molecular formula is C13H22FNO4. The number of aliphatic carboxylic acids is 1. The number of alkyl carbamates (subject to hydrolysis) is 1. The summed E-state index contributed by atoms with van der Waals surface area (Å²) in [5.41, 5.74) is -2.20. The summed E-state index contributed by atoms with van der Waals surface area (Å²) in [6.45, 7) is 5.03. The Morgan fingerprint density at radius 1 is 1.37 bits per heavy atom. The van der Waals surface area contributed by atoms with Crippen molar-refractivity contribution in [2.24, 2.45) is 0 Å². The molecule has 0 unspecified atom stereocenters. The van der Waals surface area contributed by atoms with Crippen molar-refractivity contribution in [3.05, 3.63) is 0 Å². The van der Waals surface area contributed by atoms with E-state index in [1.54, 1.807) is 20.8 Å². The minimum Gasteiger partial charge on any atom is -0.480 e. The van der Waals surface area contributed by atoms with E-state index in [2.05, 4.69) is 5.32 Å². The van der Waals surface area contributed by atoms with Crippen LogP contribution in [0, 0.1) is 0 Å². The van der Waals surface area contributed by atoms with E-state index in [0.29, 0.717) is 12.8 Å². The molecule has 0 aromatic rings. The van der Waals surface area contributed by atoms with Crippen molar-refractivity contribution >= 4 is 12.1 Å². The lowest BCUT2D eigenvalue weighted by Crippen LogP contribution is -2.46. The third kappa shape index (κ3) is 5.44.